The highest BCUT2D eigenvalue weighted by Crippen LogP contribution is 2.31. The predicted octanol–water partition coefficient (Wildman–Crippen LogP) is 3.79. The summed E-state index contributed by atoms with van der Waals surface area (Å²) in [6.45, 7) is 4.80. The van der Waals surface area contributed by atoms with Crippen molar-refractivity contribution in [1.82, 2.24) is 0 Å². The molecule has 65 valence electrons. The molecule has 0 bridgehead atoms. The Morgan fingerprint density at radius 1 is 1.09 bits per heavy atom. The summed E-state index contributed by atoms with van der Waals surface area (Å²) in [6.07, 6.45) is 5.90. The van der Waals surface area contributed by atoms with Crippen molar-refractivity contribution in [2.75, 3.05) is 0 Å². The zero-order chi connectivity index (χ0) is 8.16. The van der Waals surface area contributed by atoms with E-state index in [1.165, 1.54) is 37.8 Å². The molecule has 1 saturated heterocycles. The van der Waals surface area contributed by atoms with E-state index in [1.807, 2.05) is 0 Å². The zero-order valence-corrected chi connectivity index (χ0v) is 9.03. The van der Waals surface area contributed by atoms with Gasteiger partial charge < -0.3 is 0 Å². The topological polar surface area (TPSA) is 0 Å². The van der Waals surface area contributed by atoms with Gasteiger partial charge in [0.25, 0.3) is 0 Å². The van der Waals surface area contributed by atoms with Crippen molar-refractivity contribution in [3.63, 3.8) is 0 Å². The lowest BCUT2D eigenvalue weighted by molar-refractivity contribution is 0.736. The van der Waals surface area contributed by atoms with Crippen LogP contribution in [-0.2, 0) is 0 Å². The summed E-state index contributed by atoms with van der Waals surface area (Å²) in [5.41, 5.74) is 0. The van der Waals surface area contributed by atoms with Crippen molar-refractivity contribution in [3.8, 4) is 0 Å². The monoisotopic (exact) mass is 169 g/mol. The molecule has 0 amide bonds. The molecule has 0 nitrogen and oxygen atoms in total. The fourth-order valence-corrected chi connectivity index (χ4v) is 5.96. The van der Waals surface area contributed by atoms with Gasteiger partial charge >= 0.3 is 0 Å². The molecule has 1 radical (unpaired) electrons. The van der Waals surface area contributed by atoms with Gasteiger partial charge in [0.2, 0.25) is 0 Å². The second-order valence-corrected chi connectivity index (χ2v) is 8.92. The van der Waals surface area contributed by atoms with E-state index in [4.69, 9.17) is 0 Å². The lowest BCUT2D eigenvalue weighted by atomic mass is 10.2. The quantitative estimate of drug-likeness (QED) is 0.552. The van der Waals surface area contributed by atoms with Crippen molar-refractivity contribution in [2.45, 2.75) is 57.7 Å². The molecule has 0 aromatic heterocycles. The van der Waals surface area contributed by atoms with Crippen LogP contribution in [0.2, 0.25) is 18.1 Å². The highest BCUT2D eigenvalue weighted by molar-refractivity contribution is 6.83. The molecule has 0 unspecified atom stereocenters. The first-order valence-electron chi connectivity index (χ1n) is 5.17. The summed E-state index contributed by atoms with van der Waals surface area (Å²) < 4.78 is 0. The number of hydrogen-bond acceptors (Lipinski definition) is 0. The van der Waals surface area contributed by atoms with Crippen LogP contribution < -0.4 is 0 Å². The fourth-order valence-electron chi connectivity index (χ4n) is 2.20. The van der Waals surface area contributed by atoms with Crippen LogP contribution in [0.15, 0.2) is 0 Å². The predicted molar refractivity (Wildman–Crippen MR) is 54.3 cm³/mol. The molecule has 1 fully saturated rings. The van der Waals surface area contributed by atoms with E-state index >= 15 is 0 Å². The smallest absolute Gasteiger partial charge is 0.0561 e. The fraction of sp³-hybridized carbons (Fsp3) is 0.900. The summed E-state index contributed by atoms with van der Waals surface area (Å²) >= 11 is 0. The Morgan fingerprint density at radius 2 is 1.82 bits per heavy atom. The lowest BCUT2D eigenvalue weighted by Crippen LogP contribution is -2.32. The van der Waals surface area contributed by atoms with Crippen LogP contribution >= 0.6 is 0 Å². The lowest BCUT2D eigenvalue weighted by Gasteiger charge is -2.27. The van der Waals surface area contributed by atoms with Crippen LogP contribution in [0.5, 0.6) is 0 Å². The van der Waals surface area contributed by atoms with Gasteiger partial charge in [0.05, 0.1) is 8.07 Å². The highest BCUT2D eigenvalue weighted by atomic mass is 28.3. The molecule has 1 aliphatic rings. The maximum Gasteiger partial charge on any atom is 0.0561 e. The molecule has 0 aliphatic carbocycles. The summed E-state index contributed by atoms with van der Waals surface area (Å²) in [5.74, 6) is 0. The molecule has 0 aromatic rings. The summed E-state index contributed by atoms with van der Waals surface area (Å²) in [6, 6.07) is 7.30. The van der Waals surface area contributed by atoms with Crippen molar-refractivity contribution in [2.24, 2.45) is 0 Å². The zero-order valence-electron chi connectivity index (χ0n) is 8.03. The van der Waals surface area contributed by atoms with Gasteiger partial charge in [-0.2, -0.15) is 0 Å². The molecule has 1 heteroatoms. The van der Waals surface area contributed by atoms with Gasteiger partial charge in [0.1, 0.15) is 0 Å². The van der Waals surface area contributed by atoms with Gasteiger partial charge in [-0.15, -0.1) is 0 Å². The van der Waals surface area contributed by atoms with E-state index < -0.39 is 8.07 Å². The second kappa shape index (κ2) is 4.29. The van der Waals surface area contributed by atoms with E-state index in [0.29, 0.717) is 0 Å². The summed E-state index contributed by atoms with van der Waals surface area (Å²) in [5, 5.41) is 0. The van der Waals surface area contributed by atoms with Crippen LogP contribution in [0, 0.1) is 6.04 Å². The molecule has 0 atom stereocenters. The number of hydrogen-bond donors (Lipinski definition) is 0. The molecule has 11 heavy (non-hydrogen) atoms. The molecule has 0 saturated carbocycles. The Labute approximate surface area is 72.4 Å². The van der Waals surface area contributed by atoms with Crippen molar-refractivity contribution < 1.29 is 0 Å². The Kier molecular flexibility index (Phi) is 3.63. The highest BCUT2D eigenvalue weighted by Gasteiger charge is 2.28. The Balaban J connectivity index is 2.49. The SMILES string of the molecule is CC[Si]1(CC)[CH]CCCCC1. The van der Waals surface area contributed by atoms with E-state index in [2.05, 4.69) is 19.9 Å². The Morgan fingerprint density at radius 3 is 2.45 bits per heavy atom. The standard InChI is InChI=1S/C10H21Si/c1-3-11(4-2)9-7-5-6-8-10-11/h9H,3-8,10H2,1-2H3. The van der Waals surface area contributed by atoms with Gasteiger partial charge in [0, 0.05) is 0 Å². The van der Waals surface area contributed by atoms with Gasteiger partial charge in [-0.05, 0) is 6.04 Å². The van der Waals surface area contributed by atoms with E-state index in [0.717, 1.165) is 0 Å². The second-order valence-electron chi connectivity index (χ2n) is 3.87. The van der Waals surface area contributed by atoms with Crippen LogP contribution in [0.3, 0.4) is 0 Å². The average Bonchev–Trinajstić information content (AvgIpc) is 2.30. The molecule has 1 rings (SSSR count). The molecule has 0 spiro atoms. The molecule has 0 aromatic carbocycles. The van der Waals surface area contributed by atoms with Crippen LogP contribution in [0.25, 0.3) is 0 Å². The average molecular weight is 169 g/mol. The maximum absolute atomic E-state index is 2.74. The first-order valence-corrected chi connectivity index (χ1v) is 7.87. The van der Waals surface area contributed by atoms with Crippen LogP contribution in [0.4, 0.5) is 0 Å². The van der Waals surface area contributed by atoms with E-state index in [9.17, 15) is 0 Å². The minimum absolute atomic E-state index is 0.806. The van der Waals surface area contributed by atoms with E-state index in [1.54, 1.807) is 6.04 Å². The Bertz CT molecular complexity index is 95.4. The molecular weight excluding hydrogens is 148 g/mol. The molecule has 0 N–H and O–H groups in total. The summed E-state index contributed by atoms with van der Waals surface area (Å²) in [7, 11) is -0.806. The maximum atomic E-state index is 2.74. The van der Waals surface area contributed by atoms with Gasteiger partial charge in [-0.25, -0.2) is 0 Å². The van der Waals surface area contributed by atoms with Crippen molar-refractivity contribution in [3.05, 3.63) is 6.04 Å². The molecule has 1 heterocycles. The largest absolute Gasteiger partial charge is 0.0678 e. The van der Waals surface area contributed by atoms with Crippen LogP contribution in [0.1, 0.15) is 39.5 Å². The van der Waals surface area contributed by atoms with E-state index in [-0.39, 0.29) is 0 Å². The first-order chi connectivity index (χ1) is 5.33. The minimum atomic E-state index is -0.806. The van der Waals surface area contributed by atoms with Crippen molar-refractivity contribution >= 4 is 8.07 Å². The third kappa shape index (κ3) is 2.33. The first kappa shape index (κ1) is 9.31. The van der Waals surface area contributed by atoms with Crippen molar-refractivity contribution in [1.29, 1.82) is 0 Å². The molecule has 1 aliphatic heterocycles. The normalized spacial score (nSPS) is 24.5. The summed E-state index contributed by atoms with van der Waals surface area (Å²) in [4.78, 5) is 0. The van der Waals surface area contributed by atoms with Crippen LogP contribution in [-0.4, -0.2) is 8.07 Å². The van der Waals surface area contributed by atoms with Gasteiger partial charge in [-0.3, -0.25) is 0 Å². The third-order valence-corrected chi connectivity index (χ3v) is 8.68. The molecular formula is C10H21Si. The number of rotatable bonds is 2. The third-order valence-electron chi connectivity index (χ3n) is 3.36. The van der Waals surface area contributed by atoms with Gasteiger partial charge in [-0.1, -0.05) is 57.7 Å². The minimum Gasteiger partial charge on any atom is -0.0678 e. The Hall–Kier alpha value is 0.217. The van der Waals surface area contributed by atoms with Gasteiger partial charge in [0.15, 0.2) is 0 Å².